The molecule has 0 spiro atoms. The first-order chi connectivity index (χ1) is 13.8. The van der Waals surface area contributed by atoms with Crippen molar-refractivity contribution in [3.63, 3.8) is 0 Å². The number of hydrogen-bond acceptors (Lipinski definition) is 5. The second-order valence-electron chi connectivity index (χ2n) is 6.23. The van der Waals surface area contributed by atoms with Crippen molar-refractivity contribution in [2.24, 2.45) is 10.9 Å². The second-order valence-corrected chi connectivity index (χ2v) is 6.90. The van der Waals surface area contributed by atoms with Gasteiger partial charge in [0.1, 0.15) is 5.82 Å². The van der Waals surface area contributed by atoms with Gasteiger partial charge in [-0.15, -0.1) is 0 Å². The third-order valence-corrected chi connectivity index (χ3v) is 4.67. The van der Waals surface area contributed by atoms with Crippen molar-refractivity contribution in [2.45, 2.75) is 12.2 Å². The molecule has 10 heteroatoms. The van der Waals surface area contributed by atoms with Gasteiger partial charge < -0.3 is 16.0 Å². The van der Waals surface area contributed by atoms with Crippen molar-refractivity contribution in [3.8, 4) is 22.6 Å². The molecule has 0 fully saturated rings. The number of nitrogens with one attached hydrogen (secondary N) is 2. The van der Waals surface area contributed by atoms with E-state index in [9.17, 15) is 18.0 Å². The van der Waals surface area contributed by atoms with Crippen LogP contribution in [-0.4, -0.2) is 27.7 Å². The summed E-state index contributed by atoms with van der Waals surface area (Å²) in [4.78, 5) is 19.1. The summed E-state index contributed by atoms with van der Waals surface area (Å²) in [5.41, 5.74) is 7.25. The Bertz CT molecular complexity index is 988. The summed E-state index contributed by atoms with van der Waals surface area (Å²) in [5, 5.41) is 8.00. The van der Waals surface area contributed by atoms with Crippen LogP contribution in [0.15, 0.2) is 54.7 Å². The first-order valence-corrected chi connectivity index (χ1v) is 9.54. The normalized spacial score (nSPS) is 12.6. The lowest BCUT2D eigenvalue weighted by Crippen LogP contribution is -2.38. The van der Waals surface area contributed by atoms with Crippen LogP contribution in [0.3, 0.4) is 0 Å². The number of rotatable bonds is 6. The quantitative estimate of drug-likeness (QED) is 0.455. The van der Waals surface area contributed by atoms with Gasteiger partial charge in [-0.05, 0) is 29.8 Å². The minimum absolute atomic E-state index is 0.302. The standard InChI is InChI=1S/C19H18F3N5OS/c20-19(21,22)13-3-1-2-12(8-13)17-25-9-16(27-17)11-4-6-14(7-5-11)26-18(28)15(23)10-29-24/h1-9,15H,10,23-24H2,(H,25,27)(H,26,28). The van der Waals surface area contributed by atoms with E-state index in [1.165, 1.54) is 12.3 Å². The molecule has 152 valence electrons. The number of halogens is 3. The highest BCUT2D eigenvalue weighted by Gasteiger charge is 2.30. The minimum atomic E-state index is -4.42. The second kappa shape index (κ2) is 8.68. The Labute approximate surface area is 169 Å². The van der Waals surface area contributed by atoms with Crippen molar-refractivity contribution in [1.29, 1.82) is 0 Å². The number of hydrogen-bond donors (Lipinski definition) is 4. The van der Waals surface area contributed by atoms with Crippen LogP contribution in [0.2, 0.25) is 0 Å². The zero-order chi connectivity index (χ0) is 21.0. The molecule has 0 saturated heterocycles. The smallest absolute Gasteiger partial charge is 0.338 e. The van der Waals surface area contributed by atoms with Crippen molar-refractivity contribution >= 4 is 23.5 Å². The molecular formula is C19H18F3N5OS. The lowest BCUT2D eigenvalue weighted by Gasteiger charge is -2.11. The average molecular weight is 421 g/mol. The Morgan fingerprint density at radius 3 is 2.55 bits per heavy atom. The largest absolute Gasteiger partial charge is 0.416 e. The van der Waals surface area contributed by atoms with Gasteiger partial charge in [0.05, 0.1) is 23.5 Å². The van der Waals surface area contributed by atoms with Gasteiger partial charge in [-0.2, -0.15) is 13.2 Å². The lowest BCUT2D eigenvalue weighted by molar-refractivity contribution is -0.137. The lowest BCUT2D eigenvalue weighted by atomic mass is 10.1. The zero-order valence-electron chi connectivity index (χ0n) is 15.0. The molecule has 1 aromatic heterocycles. The molecule has 1 atom stereocenters. The number of nitrogens with two attached hydrogens (primary N) is 2. The van der Waals surface area contributed by atoms with Crippen LogP contribution in [0.4, 0.5) is 18.9 Å². The van der Waals surface area contributed by atoms with Gasteiger partial charge in [-0.1, -0.05) is 36.2 Å². The van der Waals surface area contributed by atoms with Gasteiger partial charge in [-0.3, -0.25) is 9.93 Å². The average Bonchev–Trinajstić information content (AvgIpc) is 3.18. The highest BCUT2D eigenvalue weighted by atomic mass is 32.2. The van der Waals surface area contributed by atoms with Gasteiger partial charge in [0, 0.05) is 17.0 Å². The molecule has 0 aliphatic carbocycles. The molecule has 3 aromatic rings. The first kappa shape index (κ1) is 20.9. The number of aromatic nitrogens is 2. The van der Waals surface area contributed by atoms with Gasteiger partial charge in [-0.25, -0.2) is 4.98 Å². The molecular weight excluding hydrogens is 403 g/mol. The Hall–Kier alpha value is -2.82. The van der Waals surface area contributed by atoms with Crippen LogP contribution >= 0.6 is 11.9 Å². The first-order valence-electron chi connectivity index (χ1n) is 8.49. The van der Waals surface area contributed by atoms with E-state index in [4.69, 9.17) is 10.9 Å². The fraction of sp³-hybridized carbons (Fsp3) is 0.158. The molecule has 0 aliphatic rings. The van der Waals surface area contributed by atoms with E-state index in [1.807, 2.05) is 0 Å². The summed E-state index contributed by atoms with van der Waals surface area (Å²) in [6, 6.07) is 11.1. The van der Waals surface area contributed by atoms with Crippen molar-refractivity contribution < 1.29 is 18.0 Å². The molecule has 0 aliphatic heterocycles. The number of nitrogens with zero attached hydrogens (tertiary/aromatic N) is 1. The number of imidazole rings is 1. The Morgan fingerprint density at radius 1 is 1.17 bits per heavy atom. The van der Waals surface area contributed by atoms with Gasteiger partial charge in [0.15, 0.2) is 0 Å². The van der Waals surface area contributed by atoms with Crippen LogP contribution in [0.1, 0.15) is 5.56 Å². The minimum Gasteiger partial charge on any atom is -0.338 e. The number of anilines is 1. The number of alkyl halides is 3. The monoisotopic (exact) mass is 421 g/mol. The number of amides is 1. The van der Waals surface area contributed by atoms with Crippen LogP contribution in [0.25, 0.3) is 22.6 Å². The van der Waals surface area contributed by atoms with E-state index in [-0.39, 0.29) is 5.91 Å². The molecule has 0 saturated carbocycles. The van der Waals surface area contributed by atoms with E-state index in [0.717, 1.165) is 29.6 Å². The van der Waals surface area contributed by atoms with Crippen molar-refractivity contribution in [2.75, 3.05) is 11.1 Å². The molecule has 0 bridgehead atoms. The molecule has 2 aromatic carbocycles. The Kier molecular flexibility index (Phi) is 6.26. The third kappa shape index (κ3) is 5.17. The number of carbonyl (C=O) groups is 1. The third-order valence-electron chi connectivity index (χ3n) is 4.12. The molecule has 1 amide bonds. The number of carbonyl (C=O) groups excluding carboxylic acids is 1. The van der Waals surface area contributed by atoms with Crippen LogP contribution < -0.4 is 16.2 Å². The fourth-order valence-electron chi connectivity index (χ4n) is 2.60. The molecule has 3 rings (SSSR count). The molecule has 6 nitrogen and oxygen atoms in total. The van der Waals surface area contributed by atoms with Crippen LogP contribution in [0.5, 0.6) is 0 Å². The fourth-order valence-corrected chi connectivity index (χ4v) is 2.96. The van der Waals surface area contributed by atoms with E-state index >= 15 is 0 Å². The summed E-state index contributed by atoms with van der Waals surface area (Å²) >= 11 is 0.992. The molecule has 0 radical (unpaired) electrons. The van der Waals surface area contributed by atoms with Crippen LogP contribution in [0, 0.1) is 0 Å². The maximum absolute atomic E-state index is 12.9. The van der Waals surface area contributed by atoms with Crippen LogP contribution in [-0.2, 0) is 11.0 Å². The number of H-pyrrole nitrogens is 1. The zero-order valence-corrected chi connectivity index (χ0v) is 15.8. The summed E-state index contributed by atoms with van der Waals surface area (Å²) in [5.74, 6) is 0.286. The SMILES string of the molecule is NSCC(N)C(=O)Nc1ccc(-c2cnc(-c3cccc(C(F)(F)F)c3)[nH]2)cc1. The Balaban J connectivity index is 1.75. The van der Waals surface area contributed by atoms with E-state index in [1.54, 1.807) is 30.3 Å². The predicted octanol–water partition coefficient (Wildman–Crippen LogP) is 3.64. The predicted molar refractivity (Wildman–Crippen MR) is 108 cm³/mol. The highest BCUT2D eigenvalue weighted by Crippen LogP contribution is 2.32. The van der Waals surface area contributed by atoms with E-state index in [0.29, 0.717) is 28.5 Å². The number of benzene rings is 2. The highest BCUT2D eigenvalue weighted by molar-refractivity contribution is 7.97. The van der Waals surface area contributed by atoms with Crippen molar-refractivity contribution in [3.05, 3.63) is 60.3 Å². The topological polar surface area (TPSA) is 110 Å². The Morgan fingerprint density at radius 2 is 1.90 bits per heavy atom. The number of aromatic amines is 1. The van der Waals surface area contributed by atoms with Crippen molar-refractivity contribution in [1.82, 2.24) is 9.97 Å². The summed E-state index contributed by atoms with van der Waals surface area (Å²) in [6.07, 6.45) is -2.88. The molecule has 1 heterocycles. The van der Waals surface area contributed by atoms with Gasteiger partial charge in [0.25, 0.3) is 0 Å². The maximum atomic E-state index is 12.9. The summed E-state index contributed by atoms with van der Waals surface area (Å²) < 4.78 is 38.7. The molecule has 29 heavy (non-hydrogen) atoms. The summed E-state index contributed by atoms with van der Waals surface area (Å²) in [7, 11) is 0. The summed E-state index contributed by atoms with van der Waals surface area (Å²) in [6.45, 7) is 0. The van der Waals surface area contributed by atoms with Gasteiger partial charge in [0.2, 0.25) is 5.91 Å². The van der Waals surface area contributed by atoms with E-state index in [2.05, 4.69) is 15.3 Å². The molecule has 1 unspecified atom stereocenters. The molecule has 6 N–H and O–H groups in total. The maximum Gasteiger partial charge on any atom is 0.416 e. The van der Waals surface area contributed by atoms with Gasteiger partial charge >= 0.3 is 6.18 Å². The van der Waals surface area contributed by atoms with E-state index < -0.39 is 17.8 Å².